The van der Waals surface area contributed by atoms with Crippen LogP contribution < -0.4 is 4.90 Å². The van der Waals surface area contributed by atoms with Crippen molar-refractivity contribution in [2.45, 2.75) is 38.2 Å². The molecule has 1 N–H and O–H groups in total. The number of morpholine rings is 1. The van der Waals surface area contributed by atoms with Gasteiger partial charge >= 0.3 is 0 Å². The zero-order chi connectivity index (χ0) is 19.9. The third kappa shape index (κ3) is 5.01. The Balaban J connectivity index is 0.000000706. The Morgan fingerprint density at radius 3 is 2.57 bits per heavy atom. The largest absolute Gasteiger partial charge is 0.483 e. The van der Waals surface area contributed by atoms with Crippen molar-refractivity contribution in [3.63, 3.8) is 0 Å². The van der Waals surface area contributed by atoms with Gasteiger partial charge in [0.2, 0.25) is 5.91 Å². The van der Waals surface area contributed by atoms with Crippen LogP contribution in [0, 0.1) is 5.92 Å². The Morgan fingerprint density at radius 2 is 1.93 bits per heavy atom. The van der Waals surface area contributed by atoms with Crippen molar-refractivity contribution in [2.75, 3.05) is 51.4 Å². The number of aromatic nitrogens is 1. The maximum Gasteiger partial charge on any atom is 0.290 e. The lowest BCUT2D eigenvalue weighted by atomic mass is 9.89. The van der Waals surface area contributed by atoms with Gasteiger partial charge in [0.05, 0.1) is 25.0 Å². The molecule has 1 aliphatic carbocycles. The monoisotopic (exact) mass is 411 g/mol. The van der Waals surface area contributed by atoms with E-state index in [0.717, 1.165) is 82.3 Å². The summed E-state index contributed by atoms with van der Waals surface area (Å²) in [6.45, 7) is 4.81. The molecule has 2 saturated heterocycles. The number of carbonyl (C=O) groups is 2. The Morgan fingerprint density at radius 1 is 1.25 bits per heavy atom. The first-order chi connectivity index (χ1) is 13.7. The summed E-state index contributed by atoms with van der Waals surface area (Å²) in [5, 5.41) is 8.00. The van der Waals surface area contributed by atoms with E-state index in [1.165, 1.54) is 4.88 Å². The minimum Gasteiger partial charge on any atom is -0.483 e. The number of rotatable bonds is 3. The molecule has 0 bridgehead atoms. The topological polar surface area (TPSA) is 92.2 Å². The van der Waals surface area contributed by atoms with E-state index in [1.54, 1.807) is 7.11 Å². The van der Waals surface area contributed by atoms with Gasteiger partial charge in [0, 0.05) is 50.5 Å². The number of fused-ring (bicyclic) bond motifs is 1. The number of piperidine rings is 1. The zero-order valence-corrected chi connectivity index (χ0v) is 17.2. The highest BCUT2D eigenvalue weighted by Gasteiger charge is 2.33. The van der Waals surface area contributed by atoms with Gasteiger partial charge in [-0.1, -0.05) is 0 Å². The summed E-state index contributed by atoms with van der Waals surface area (Å²) < 4.78 is 10.8. The van der Waals surface area contributed by atoms with Crippen LogP contribution >= 0.6 is 11.3 Å². The summed E-state index contributed by atoms with van der Waals surface area (Å²) in [5.41, 5.74) is 1.16. The first-order valence-electron chi connectivity index (χ1n) is 9.87. The molecule has 4 rings (SSSR count). The second-order valence-corrected chi connectivity index (χ2v) is 8.33. The van der Waals surface area contributed by atoms with Gasteiger partial charge in [-0.05, 0) is 25.7 Å². The summed E-state index contributed by atoms with van der Waals surface area (Å²) in [6, 6.07) is 0. The third-order valence-electron chi connectivity index (χ3n) is 5.64. The minimum atomic E-state index is -0.250. The van der Waals surface area contributed by atoms with Crippen LogP contribution in [0.5, 0.6) is 0 Å². The number of ether oxygens (including phenoxy) is 2. The van der Waals surface area contributed by atoms with Crippen molar-refractivity contribution in [3.8, 4) is 0 Å². The van der Waals surface area contributed by atoms with Gasteiger partial charge in [0.1, 0.15) is 0 Å². The highest BCUT2D eigenvalue weighted by molar-refractivity contribution is 7.15. The number of anilines is 1. The van der Waals surface area contributed by atoms with Gasteiger partial charge in [0.25, 0.3) is 6.47 Å². The Bertz CT molecular complexity index is 654. The molecule has 1 aromatic heterocycles. The molecule has 0 spiro atoms. The van der Waals surface area contributed by atoms with Crippen LogP contribution in [0.2, 0.25) is 0 Å². The number of aryl methyl sites for hydroxylation is 1. The van der Waals surface area contributed by atoms with Crippen LogP contribution in [0.1, 0.15) is 29.8 Å². The van der Waals surface area contributed by atoms with Crippen LogP contribution in [-0.4, -0.2) is 80.0 Å². The molecule has 1 atom stereocenters. The molecule has 3 aliphatic rings. The van der Waals surface area contributed by atoms with Crippen LogP contribution in [0.25, 0.3) is 0 Å². The quantitative estimate of drug-likeness (QED) is 0.752. The summed E-state index contributed by atoms with van der Waals surface area (Å²) in [4.78, 5) is 31.9. The molecule has 3 heterocycles. The lowest BCUT2D eigenvalue weighted by Gasteiger charge is -2.34. The van der Waals surface area contributed by atoms with E-state index in [2.05, 4.69) is 4.90 Å². The second-order valence-electron chi connectivity index (χ2n) is 7.27. The predicted molar refractivity (Wildman–Crippen MR) is 106 cm³/mol. The molecule has 0 radical (unpaired) electrons. The number of likely N-dealkylation sites (tertiary alicyclic amines) is 1. The van der Waals surface area contributed by atoms with Crippen molar-refractivity contribution in [3.05, 3.63) is 10.6 Å². The first-order valence-corrected chi connectivity index (χ1v) is 10.7. The van der Waals surface area contributed by atoms with E-state index < -0.39 is 0 Å². The highest BCUT2D eigenvalue weighted by atomic mass is 32.1. The van der Waals surface area contributed by atoms with Gasteiger partial charge in [-0.15, -0.1) is 11.3 Å². The summed E-state index contributed by atoms with van der Waals surface area (Å²) in [7, 11) is 1.76. The third-order valence-corrected chi connectivity index (χ3v) is 6.86. The van der Waals surface area contributed by atoms with Crippen molar-refractivity contribution in [1.29, 1.82) is 0 Å². The first kappa shape index (κ1) is 21.0. The second kappa shape index (κ2) is 10.2. The summed E-state index contributed by atoms with van der Waals surface area (Å²) in [6.07, 6.45) is 4.98. The Kier molecular flexibility index (Phi) is 7.64. The van der Waals surface area contributed by atoms with E-state index in [-0.39, 0.29) is 12.4 Å². The van der Waals surface area contributed by atoms with Gasteiger partial charge in [0.15, 0.2) is 5.13 Å². The lowest BCUT2D eigenvalue weighted by Crippen LogP contribution is -2.44. The van der Waals surface area contributed by atoms with Crippen LogP contribution in [0.4, 0.5) is 5.13 Å². The molecule has 0 saturated carbocycles. The van der Waals surface area contributed by atoms with Crippen molar-refractivity contribution in [1.82, 2.24) is 9.88 Å². The normalized spacial score (nSPS) is 22.8. The molecule has 1 unspecified atom stereocenters. The fraction of sp³-hybridized carbons (Fsp3) is 0.737. The lowest BCUT2D eigenvalue weighted by molar-refractivity contribution is -0.138. The SMILES string of the molecule is COC1CCN(C(=O)C2CCc3sc(N4CCOCC4)nc3C2)CC1.O=CO. The average molecular weight is 412 g/mol. The predicted octanol–water partition coefficient (Wildman–Crippen LogP) is 1.42. The molecule has 1 aromatic rings. The number of thiazole rings is 1. The fourth-order valence-corrected chi connectivity index (χ4v) is 5.19. The molecule has 156 valence electrons. The maximum absolute atomic E-state index is 12.9. The number of hydrogen-bond donors (Lipinski definition) is 1. The Hall–Kier alpha value is -1.71. The maximum atomic E-state index is 12.9. The smallest absolute Gasteiger partial charge is 0.290 e. The number of methoxy groups -OCH3 is 1. The average Bonchev–Trinajstić information content (AvgIpc) is 3.18. The molecule has 2 aliphatic heterocycles. The minimum absolute atomic E-state index is 0.103. The van der Waals surface area contributed by atoms with E-state index in [4.69, 9.17) is 24.4 Å². The molecule has 1 amide bonds. The molecular formula is C19H29N3O5S. The van der Waals surface area contributed by atoms with Gasteiger partial charge in [-0.25, -0.2) is 4.98 Å². The van der Waals surface area contributed by atoms with Gasteiger partial charge < -0.3 is 24.4 Å². The van der Waals surface area contributed by atoms with E-state index in [0.29, 0.717) is 12.0 Å². The fourth-order valence-electron chi connectivity index (χ4n) is 4.04. The standard InChI is InChI=1S/C18H27N3O3S.CH2O2/c1-23-14-4-6-20(7-5-14)17(22)13-2-3-16-15(12-13)19-18(25-16)21-8-10-24-11-9-21;2-1-3/h13-14H,2-12H2,1H3;1H,(H,2,3). The molecule has 28 heavy (non-hydrogen) atoms. The number of hydrogen-bond acceptors (Lipinski definition) is 7. The van der Waals surface area contributed by atoms with E-state index in [1.807, 2.05) is 16.2 Å². The van der Waals surface area contributed by atoms with Crippen LogP contribution in [0.3, 0.4) is 0 Å². The van der Waals surface area contributed by atoms with Gasteiger partial charge in [-0.3, -0.25) is 9.59 Å². The van der Waals surface area contributed by atoms with Crippen molar-refractivity contribution < 1.29 is 24.2 Å². The molecule has 2 fully saturated rings. The molecule has 9 heteroatoms. The molecule has 8 nitrogen and oxygen atoms in total. The number of carbonyl (C=O) groups excluding carboxylic acids is 1. The molecule has 0 aromatic carbocycles. The van der Waals surface area contributed by atoms with E-state index >= 15 is 0 Å². The highest BCUT2D eigenvalue weighted by Crippen LogP contribution is 2.35. The number of amides is 1. The number of nitrogens with zero attached hydrogens (tertiary/aromatic N) is 3. The van der Waals surface area contributed by atoms with E-state index in [9.17, 15) is 4.79 Å². The van der Waals surface area contributed by atoms with Crippen molar-refractivity contribution >= 4 is 28.8 Å². The Labute approximate surface area is 169 Å². The van der Waals surface area contributed by atoms with Crippen molar-refractivity contribution in [2.24, 2.45) is 5.92 Å². The zero-order valence-electron chi connectivity index (χ0n) is 16.3. The van der Waals surface area contributed by atoms with Crippen LogP contribution in [-0.2, 0) is 31.9 Å². The molecular weight excluding hydrogens is 382 g/mol. The number of carboxylic acid groups (broad SMARTS) is 1. The van der Waals surface area contributed by atoms with Crippen LogP contribution in [0.15, 0.2) is 0 Å². The summed E-state index contributed by atoms with van der Waals surface area (Å²) in [5.74, 6) is 0.423. The summed E-state index contributed by atoms with van der Waals surface area (Å²) >= 11 is 1.81. The van der Waals surface area contributed by atoms with Gasteiger partial charge in [-0.2, -0.15) is 0 Å².